The summed E-state index contributed by atoms with van der Waals surface area (Å²) >= 11 is 7.64. The van der Waals surface area contributed by atoms with E-state index in [2.05, 4.69) is 12.1 Å². The van der Waals surface area contributed by atoms with Crippen molar-refractivity contribution >= 4 is 29.3 Å². The third-order valence-electron chi connectivity index (χ3n) is 4.28. The normalized spacial score (nSPS) is 22.6. The zero-order valence-corrected chi connectivity index (χ0v) is 16.1. The maximum Gasteiger partial charge on any atom is 0.350 e. The van der Waals surface area contributed by atoms with Gasteiger partial charge in [-0.15, -0.1) is 11.8 Å². The summed E-state index contributed by atoms with van der Waals surface area (Å²) in [5.74, 6) is 0.967. The highest BCUT2D eigenvalue weighted by Crippen LogP contribution is 2.34. The van der Waals surface area contributed by atoms with Crippen LogP contribution in [0.4, 0.5) is 0 Å². The maximum atomic E-state index is 12.5. The van der Waals surface area contributed by atoms with Gasteiger partial charge in [-0.3, -0.25) is 0 Å². The van der Waals surface area contributed by atoms with E-state index in [-0.39, 0.29) is 12.1 Å². The molecule has 1 aliphatic heterocycles. The summed E-state index contributed by atoms with van der Waals surface area (Å²) in [6.45, 7) is 0.447. The van der Waals surface area contributed by atoms with Crippen molar-refractivity contribution in [2.45, 2.75) is 29.4 Å². The Balaban J connectivity index is 1.71. The average molecular weight is 393 g/mol. The first kappa shape index (κ1) is 19.1. The summed E-state index contributed by atoms with van der Waals surface area (Å²) in [7, 11) is 1.39. The number of methoxy groups -OCH3 is 1. The van der Waals surface area contributed by atoms with Crippen LogP contribution in [0.5, 0.6) is 5.75 Å². The number of ether oxygens (including phenoxy) is 3. The van der Waals surface area contributed by atoms with Crippen molar-refractivity contribution in [1.29, 1.82) is 0 Å². The minimum absolute atomic E-state index is 0.0969. The Hall–Kier alpha value is -1.69. The minimum Gasteiger partial charge on any atom is -0.475 e. The first-order valence-corrected chi connectivity index (χ1v) is 9.80. The van der Waals surface area contributed by atoms with Crippen LogP contribution in [-0.2, 0) is 14.3 Å². The SMILES string of the molecule is COC(=O)C1(Oc2ccc(Cl)cc2)CCOC(CSc2ccccc2)C1. The fourth-order valence-corrected chi connectivity index (χ4v) is 4.03. The van der Waals surface area contributed by atoms with E-state index in [0.29, 0.717) is 30.2 Å². The molecule has 1 heterocycles. The van der Waals surface area contributed by atoms with Gasteiger partial charge in [0.1, 0.15) is 5.75 Å². The molecule has 26 heavy (non-hydrogen) atoms. The molecule has 1 saturated heterocycles. The van der Waals surface area contributed by atoms with Gasteiger partial charge in [0.15, 0.2) is 0 Å². The molecule has 2 atom stereocenters. The maximum absolute atomic E-state index is 12.5. The van der Waals surface area contributed by atoms with Crippen molar-refractivity contribution in [3.63, 3.8) is 0 Å². The Labute approximate surface area is 162 Å². The van der Waals surface area contributed by atoms with Crippen LogP contribution in [0.2, 0.25) is 5.02 Å². The zero-order chi connectivity index (χ0) is 18.4. The molecule has 1 fully saturated rings. The molecule has 6 heteroatoms. The fourth-order valence-electron chi connectivity index (χ4n) is 2.97. The molecule has 138 valence electrons. The molecule has 0 radical (unpaired) electrons. The number of esters is 1. The molecule has 1 aliphatic rings. The van der Waals surface area contributed by atoms with Gasteiger partial charge in [-0.25, -0.2) is 4.79 Å². The molecule has 0 bridgehead atoms. The second-order valence-corrected chi connectivity index (χ2v) is 7.64. The summed E-state index contributed by atoms with van der Waals surface area (Å²) in [4.78, 5) is 13.7. The Kier molecular flexibility index (Phi) is 6.46. The number of carbonyl (C=O) groups is 1. The number of carbonyl (C=O) groups excluding carboxylic acids is 1. The van der Waals surface area contributed by atoms with E-state index in [0.717, 1.165) is 5.75 Å². The zero-order valence-electron chi connectivity index (χ0n) is 14.5. The van der Waals surface area contributed by atoms with Crippen LogP contribution in [0.25, 0.3) is 0 Å². The standard InChI is InChI=1S/C20H21ClO4S/c1-23-19(22)20(25-16-9-7-15(21)8-10-16)11-12-24-17(13-20)14-26-18-5-3-2-4-6-18/h2-10,17H,11-14H2,1H3. The topological polar surface area (TPSA) is 44.8 Å². The van der Waals surface area contributed by atoms with Crippen molar-refractivity contribution in [2.24, 2.45) is 0 Å². The molecule has 3 rings (SSSR count). The van der Waals surface area contributed by atoms with Gasteiger partial charge in [-0.1, -0.05) is 29.8 Å². The van der Waals surface area contributed by atoms with Crippen LogP contribution in [0, 0.1) is 0 Å². The van der Waals surface area contributed by atoms with E-state index < -0.39 is 5.60 Å². The Morgan fingerprint density at radius 1 is 1.23 bits per heavy atom. The smallest absolute Gasteiger partial charge is 0.350 e. The summed E-state index contributed by atoms with van der Waals surface area (Å²) in [6.07, 6.45) is 0.803. The molecule has 0 amide bonds. The number of thioether (sulfide) groups is 1. The van der Waals surface area contributed by atoms with Gasteiger partial charge >= 0.3 is 5.97 Å². The van der Waals surface area contributed by atoms with E-state index in [9.17, 15) is 4.79 Å². The van der Waals surface area contributed by atoms with E-state index in [1.165, 1.54) is 12.0 Å². The van der Waals surface area contributed by atoms with Crippen LogP contribution >= 0.6 is 23.4 Å². The number of benzene rings is 2. The fraction of sp³-hybridized carbons (Fsp3) is 0.350. The third kappa shape index (κ3) is 4.72. The van der Waals surface area contributed by atoms with Crippen molar-refractivity contribution in [1.82, 2.24) is 0 Å². The van der Waals surface area contributed by atoms with Gasteiger partial charge in [0.05, 0.1) is 19.8 Å². The lowest BCUT2D eigenvalue weighted by Gasteiger charge is -2.38. The molecule has 2 unspecified atom stereocenters. The minimum atomic E-state index is -1.04. The van der Waals surface area contributed by atoms with Gasteiger partial charge in [0.2, 0.25) is 5.60 Å². The summed E-state index contributed by atoms with van der Waals surface area (Å²) < 4.78 is 17.0. The highest BCUT2D eigenvalue weighted by Gasteiger charge is 2.47. The lowest BCUT2D eigenvalue weighted by Crippen LogP contribution is -2.52. The lowest BCUT2D eigenvalue weighted by atomic mass is 9.90. The van der Waals surface area contributed by atoms with Gasteiger partial charge < -0.3 is 14.2 Å². The van der Waals surface area contributed by atoms with Crippen LogP contribution in [-0.4, -0.2) is 37.1 Å². The van der Waals surface area contributed by atoms with E-state index in [1.807, 2.05) is 18.2 Å². The monoisotopic (exact) mass is 392 g/mol. The third-order valence-corrected chi connectivity index (χ3v) is 5.68. The highest BCUT2D eigenvalue weighted by atomic mass is 35.5. The molecular weight excluding hydrogens is 372 g/mol. The van der Waals surface area contributed by atoms with E-state index in [1.54, 1.807) is 36.0 Å². The van der Waals surface area contributed by atoms with Gasteiger partial charge in [0.25, 0.3) is 0 Å². The largest absolute Gasteiger partial charge is 0.475 e. The van der Waals surface area contributed by atoms with Crippen molar-refractivity contribution in [3.05, 3.63) is 59.6 Å². The first-order valence-electron chi connectivity index (χ1n) is 8.44. The number of halogens is 1. The molecule has 0 aromatic heterocycles. The molecule has 0 N–H and O–H groups in total. The predicted molar refractivity (Wildman–Crippen MR) is 103 cm³/mol. The van der Waals surface area contributed by atoms with Crippen LogP contribution in [0.3, 0.4) is 0 Å². The van der Waals surface area contributed by atoms with Gasteiger partial charge in [-0.2, -0.15) is 0 Å². The van der Waals surface area contributed by atoms with Crippen LogP contribution in [0.15, 0.2) is 59.5 Å². The summed E-state index contributed by atoms with van der Waals surface area (Å²) in [6, 6.07) is 17.1. The number of hydrogen-bond donors (Lipinski definition) is 0. The summed E-state index contributed by atoms with van der Waals surface area (Å²) in [5, 5.41) is 0.619. The van der Waals surface area contributed by atoms with E-state index in [4.69, 9.17) is 25.8 Å². The highest BCUT2D eigenvalue weighted by molar-refractivity contribution is 7.99. The van der Waals surface area contributed by atoms with Gasteiger partial charge in [0, 0.05) is 28.5 Å². The van der Waals surface area contributed by atoms with Crippen LogP contribution < -0.4 is 4.74 Å². The predicted octanol–water partition coefficient (Wildman–Crippen LogP) is 4.60. The van der Waals surface area contributed by atoms with Crippen molar-refractivity contribution in [3.8, 4) is 5.75 Å². The molecule has 0 aliphatic carbocycles. The molecule has 2 aromatic carbocycles. The van der Waals surface area contributed by atoms with Crippen molar-refractivity contribution < 1.29 is 19.0 Å². The lowest BCUT2D eigenvalue weighted by molar-refractivity contribution is -0.171. The average Bonchev–Trinajstić information content (AvgIpc) is 2.68. The quantitative estimate of drug-likeness (QED) is 0.531. The van der Waals surface area contributed by atoms with E-state index >= 15 is 0 Å². The molecule has 4 nitrogen and oxygen atoms in total. The molecular formula is C20H21ClO4S. The second kappa shape index (κ2) is 8.80. The molecule has 0 spiro atoms. The second-order valence-electron chi connectivity index (χ2n) is 6.11. The Morgan fingerprint density at radius 2 is 1.96 bits per heavy atom. The summed E-state index contributed by atoms with van der Waals surface area (Å²) in [5.41, 5.74) is -1.04. The number of hydrogen-bond acceptors (Lipinski definition) is 5. The molecule has 2 aromatic rings. The number of rotatable bonds is 6. The Morgan fingerprint density at radius 3 is 2.65 bits per heavy atom. The Bertz CT molecular complexity index is 722. The van der Waals surface area contributed by atoms with Crippen molar-refractivity contribution in [2.75, 3.05) is 19.5 Å². The molecule has 0 saturated carbocycles. The van der Waals surface area contributed by atoms with Crippen LogP contribution in [0.1, 0.15) is 12.8 Å². The first-order chi connectivity index (χ1) is 12.6. The van der Waals surface area contributed by atoms with Gasteiger partial charge in [-0.05, 0) is 36.4 Å².